The number of hydrogen-bond donors (Lipinski definition) is 2. The highest BCUT2D eigenvalue weighted by molar-refractivity contribution is 6.30. The second-order valence-corrected chi connectivity index (χ2v) is 10.2. The molecule has 7 heteroatoms. The predicted octanol–water partition coefficient (Wildman–Crippen LogP) is 5.15. The van der Waals surface area contributed by atoms with Crippen molar-refractivity contribution in [1.29, 1.82) is 0 Å². The standard InChI is InChI=1S/C26H32ClNO5/c1-5-32-22(30)25(17-29)15-26(16-25,28-23(31)33-24(2,3)4)14-18-9-11-19(12-10-18)20-7-6-8-21(27)13-20/h6-13,29H,5,14-17H2,1-4H3,(H,28,31). The van der Waals surface area contributed by atoms with Crippen LogP contribution in [-0.4, -0.2) is 41.5 Å². The van der Waals surface area contributed by atoms with Gasteiger partial charge in [-0.05, 0) is 75.8 Å². The summed E-state index contributed by atoms with van der Waals surface area (Å²) >= 11 is 6.11. The topological polar surface area (TPSA) is 84.9 Å². The fourth-order valence-corrected chi connectivity index (χ4v) is 4.69. The van der Waals surface area contributed by atoms with Crippen molar-refractivity contribution >= 4 is 23.7 Å². The van der Waals surface area contributed by atoms with Crippen LogP contribution >= 0.6 is 11.6 Å². The molecule has 2 N–H and O–H groups in total. The zero-order valence-electron chi connectivity index (χ0n) is 19.6. The molecule has 33 heavy (non-hydrogen) atoms. The molecule has 2 aromatic carbocycles. The molecule has 1 amide bonds. The summed E-state index contributed by atoms with van der Waals surface area (Å²) in [4.78, 5) is 25.1. The van der Waals surface area contributed by atoms with Crippen molar-refractivity contribution in [3.05, 3.63) is 59.1 Å². The summed E-state index contributed by atoms with van der Waals surface area (Å²) in [5.74, 6) is -0.439. The molecule has 1 aliphatic rings. The van der Waals surface area contributed by atoms with E-state index in [0.717, 1.165) is 16.7 Å². The number of esters is 1. The first kappa shape index (κ1) is 25.1. The highest BCUT2D eigenvalue weighted by atomic mass is 35.5. The number of alkyl carbamates (subject to hydrolysis) is 1. The largest absolute Gasteiger partial charge is 0.465 e. The molecule has 6 nitrogen and oxygen atoms in total. The van der Waals surface area contributed by atoms with Crippen LogP contribution in [0.1, 0.15) is 46.1 Å². The van der Waals surface area contributed by atoms with Crippen LogP contribution in [0.25, 0.3) is 11.1 Å². The molecular weight excluding hydrogens is 442 g/mol. The molecule has 0 bridgehead atoms. The van der Waals surface area contributed by atoms with Gasteiger partial charge in [0, 0.05) is 10.6 Å². The summed E-state index contributed by atoms with van der Waals surface area (Å²) in [6.07, 6.45) is 0.479. The maximum absolute atomic E-state index is 12.6. The Morgan fingerprint density at radius 3 is 2.30 bits per heavy atom. The summed E-state index contributed by atoms with van der Waals surface area (Å²) in [7, 11) is 0. The molecule has 0 atom stereocenters. The summed E-state index contributed by atoms with van der Waals surface area (Å²) in [5, 5.41) is 13.6. The maximum atomic E-state index is 12.6. The molecule has 3 rings (SSSR count). The zero-order chi connectivity index (χ0) is 24.3. The van der Waals surface area contributed by atoms with Gasteiger partial charge in [-0.25, -0.2) is 4.79 Å². The summed E-state index contributed by atoms with van der Waals surface area (Å²) < 4.78 is 10.7. The highest BCUT2D eigenvalue weighted by Crippen LogP contribution is 2.51. The van der Waals surface area contributed by atoms with E-state index in [9.17, 15) is 14.7 Å². The summed E-state index contributed by atoms with van der Waals surface area (Å²) in [6, 6.07) is 15.6. The van der Waals surface area contributed by atoms with Gasteiger partial charge in [-0.3, -0.25) is 4.79 Å². The van der Waals surface area contributed by atoms with E-state index in [4.69, 9.17) is 21.1 Å². The van der Waals surface area contributed by atoms with Crippen LogP contribution in [0.3, 0.4) is 0 Å². The van der Waals surface area contributed by atoms with Crippen LogP contribution in [0.5, 0.6) is 0 Å². The molecule has 0 aliphatic heterocycles. The molecule has 0 aromatic heterocycles. The van der Waals surface area contributed by atoms with Crippen molar-refractivity contribution < 1.29 is 24.2 Å². The van der Waals surface area contributed by atoms with Crippen molar-refractivity contribution in [2.24, 2.45) is 5.41 Å². The SMILES string of the molecule is CCOC(=O)C1(CO)CC(Cc2ccc(-c3cccc(Cl)c3)cc2)(NC(=O)OC(C)(C)C)C1. The van der Waals surface area contributed by atoms with Crippen molar-refractivity contribution in [3.63, 3.8) is 0 Å². The minimum Gasteiger partial charge on any atom is -0.465 e. The number of rotatable bonds is 7. The summed E-state index contributed by atoms with van der Waals surface area (Å²) in [5.41, 5.74) is 0.637. The highest BCUT2D eigenvalue weighted by Gasteiger charge is 2.60. The van der Waals surface area contributed by atoms with Crippen molar-refractivity contribution in [1.82, 2.24) is 5.32 Å². The van der Waals surface area contributed by atoms with Crippen LogP contribution in [-0.2, 0) is 20.7 Å². The monoisotopic (exact) mass is 473 g/mol. The van der Waals surface area contributed by atoms with Crippen LogP contribution in [0.2, 0.25) is 5.02 Å². The van der Waals surface area contributed by atoms with Crippen LogP contribution in [0.4, 0.5) is 4.79 Å². The van der Waals surface area contributed by atoms with E-state index in [0.29, 0.717) is 11.4 Å². The number of aliphatic hydroxyl groups excluding tert-OH is 1. The average Bonchev–Trinajstić information content (AvgIpc) is 2.70. The Bertz CT molecular complexity index is 990. The molecule has 1 fully saturated rings. The second-order valence-electron chi connectivity index (χ2n) is 9.80. The molecule has 1 aliphatic carbocycles. The molecule has 0 spiro atoms. The lowest BCUT2D eigenvalue weighted by molar-refractivity contribution is -0.172. The number of halogens is 1. The molecule has 178 valence electrons. The number of amides is 1. The number of carbonyl (C=O) groups is 2. The van der Waals surface area contributed by atoms with Crippen molar-refractivity contribution in [2.45, 2.75) is 58.1 Å². The van der Waals surface area contributed by atoms with E-state index in [-0.39, 0.29) is 26.1 Å². The Morgan fingerprint density at radius 2 is 1.76 bits per heavy atom. The van der Waals surface area contributed by atoms with Gasteiger partial charge in [0.2, 0.25) is 0 Å². The van der Waals surface area contributed by atoms with E-state index in [2.05, 4.69) is 5.32 Å². The first-order valence-corrected chi connectivity index (χ1v) is 11.5. The van der Waals surface area contributed by atoms with Crippen LogP contribution in [0.15, 0.2) is 48.5 Å². The molecule has 0 radical (unpaired) electrons. The minimum absolute atomic E-state index is 0.234. The minimum atomic E-state index is -1.02. The van der Waals surface area contributed by atoms with Gasteiger partial charge in [0.25, 0.3) is 0 Å². The van der Waals surface area contributed by atoms with Gasteiger partial charge in [-0.2, -0.15) is 0 Å². The third kappa shape index (κ3) is 6.06. The lowest BCUT2D eigenvalue weighted by atomic mass is 9.55. The number of ether oxygens (including phenoxy) is 2. The van der Waals surface area contributed by atoms with Crippen LogP contribution < -0.4 is 5.32 Å². The Balaban J connectivity index is 1.81. The number of aliphatic hydroxyl groups is 1. The van der Waals surface area contributed by atoms with E-state index >= 15 is 0 Å². The lowest BCUT2D eigenvalue weighted by Crippen LogP contribution is -2.67. The van der Waals surface area contributed by atoms with Gasteiger partial charge in [-0.1, -0.05) is 48.0 Å². The first-order chi connectivity index (χ1) is 15.5. The lowest BCUT2D eigenvalue weighted by Gasteiger charge is -2.54. The Kier molecular flexibility index (Phi) is 7.39. The zero-order valence-corrected chi connectivity index (χ0v) is 20.4. The molecule has 0 heterocycles. The molecule has 1 saturated carbocycles. The Morgan fingerprint density at radius 1 is 1.09 bits per heavy atom. The van der Waals surface area contributed by atoms with E-state index < -0.39 is 28.6 Å². The quantitative estimate of drug-likeness (QED) is 0.543. The normalized spacial score (nSPS) is 22.2. The molecule has 2 aromatic rings. The van der Waals surface area contributed by atoms with E-state index in [1.807, 2.05) is 48.5 Å². The van der Waals surface area contributed by atoms with E-state index in [1.165, 1.54) is 0 Å². The van der Waals surface area contributed by atoms with E-state index in [1.54, 1.807) is 27.7 Å². The van der Waals surface area contributed by atoms with Crippen molar-refractivity contribution in [3.8, 4) is 11.1 Å². The third-order valence-electron chi connectivity index (χ3n) is 5.79. The fourth-order valence-electron chi connectivity index (χ4n) is 4.50. The number of carbonyl (C=O) groups excluding carboxylic acids is 2. The van der Waals surface area contributed by atoms with Gasteiger partial charge in [-0.15, -0.1) is 0 Å². The number of nitrogens with one attached hydrogen (secondary N) is 1. The second kappa shape index (κ2) is 9.74. The van der Waals surface area contributed by atoms with Crippen molar-refractivity contribution in [2.75, 3.05) is 13.2 Å². The van der Waals surface area contributed by atoms with Gasteiger partial charge in [0.1, 0.15) is 5.60 Å². The molecule has 0 saturated heterocycles. The fraction of sp³-hybridized carbons (Fsp3) is 0.462. The van der Waals surface area contributed by atoms with Gasteiger partial charge in [0.15, 0.2) is 0 Å². The maximum Gasteiger partial charge on any atom is 0.408 e. The Hall–Kier alpha value is -2.57. The number of hydrogen-bond acceptors (Lipinski definition) is 5. The Labute approximate surface area is 200 Å². The predicted molar refractivity (Wildman–Crippen MR) is 128 cm³/mol. The average molecular weight is 474 g/mol. The van der Waals surface area contributed by atoms with Gasteiger partial charge < -0.3 is 19.9 Å². The third-order valence-corrected chi connectivity index (χ3v) is 6.02. The molecule has 0 unspecified atom stereocenters. The van der Waals surface area contributed by atoms with Crippen LogP contribution in [0, 0.1) is 5.41 Å². The molecular formula is C26H32ClNO5. The van der Waals surface area contributed by atoms with Gasteiger partial charge >= 0.3 is 12.1 Å². The van der Waals surface area contributed by atoms with Gasteiger partial charge in [0.05, 0.1) is 18.6 Å². The smallest absolute Gasteiger partial charge is 0.408 e. The first-order valence-electron chi connectivity index (χ1n) is 11.1. The number of benzene rings is 2. The summed E-state index contributed by atoms with van der Waals surface area (Å²) in [6.45, 7) is 7.02.